The van der Waals surface area contributed by atoms with Crippen LogP contribution < -0.4 is 5.32 Å². The van der Waals surface area contributed by atoms with Gasteiger partial charge in [-0.25, -0.2) is 4.79 Å². The van der Waals surface area contributed by atoms with Gasteiger partial charge in [0.15, 0.2) is 0 Å². The van der Waals surface area contributed by atoms with Crippen LogP contribution >= 0.6 is 0 Å². The predicted molar refractivity (Wildman–Crippen MR) is 116 cm³/mol. The van der Waals surface area contributed by atoms with E-state index in [1.807, 2.05) is 51.1 Å². The van der Waals surface area contributed by atoms with Crippen molar-refractivity contribution in [2.24, 2.45) is 17.8 Å². The Hall–Kier alpha value is -2.57. The highest BCUT2D eigenvalue weighted by molar-refractivity contribution is 5.78. The van der Waals surface area contributed by atoms with Crippen molar-refractivity contribution in [1.82, 2.24) is 5.32 Å². The maximum atomic E-state index is 12.1. The van der Waals surface area contributed by atoms with Crippen molar-refractivity contribution in [3.05, 3.63) is 35.9 Å². The van der Waals surface area contributed by atoms with E-state index in [0.29, 0.717) is 18.9 Å². The smallest absolute Gasteiger partial charge is 0.407 e. The summed E-state index contributed by atoms with van der Waals surface area (Å²) in [4.78, 5) is 35.6. The fourth-order valence-corrected chi connectivity index (χ4v) is 3.89. The van der Waals surface area contributed by atoms with Gasteiger partial charge in [0.2, 0.25) is 0 Å². The fraction of sp³-hybridized carbons (Fsp3) is 0.625. The Morgan fingerprint density at radius 2 is 1.68 bits per heavy atom. The van der Waals surface area contributed by atoms with E-state index in [1.165, 1.54) is 0 Å². The van der Waals surface area contributed by atoms with Crippen LogP contribution in [-0.2, 0) is 25.7 Å². The van der Waals surface area contributed by atoms with Gasteiger partial charge in [-0.1, -0.05) is 43.2 Å². The number of esters is 1. The molecule has 2 rings (SSSR count). The maximum absolute atomic E-state index is 12.1. The molecule has 0 aliphatic heterocycles. The van der Waals surface area contributed by atoms with Gasteiger partial charge in [0.05, 0.1) is 12.3 Å². The predicted octanol–water partition coefficient (Wildman–Crippen LogP) is 4.54. The molecular formula is C24H35NO6. The van der Waals surface area contributed by atoms with Gasteiger partial charge in [0.1, 0.15) is 12.2 Å². The molecule has 1 fully saturated rings. The number of hydrogen-bond acceptors (Lipinski definition) is 5. The zero-order valence-corrected chi connectivity index (χ0v) is 18.8. The molecule has 1 atom stereocenters. The molecule has 2 N–H and O–H groups in total. The fourth-order valence-electron chi connectivity index (χ4n) is 3.89. The molecule has 0 heterocycles. The first-order valence-corrected chi connectivity index (χ1v) is 11.0. The summed E-state index contributed by atoms with van der Waals surface area (Å²) < 4.78 is 10.5. The first-order chi connectivity index (χ1) is 14.6. The molecule has 1 amide bonds. The molecule has 31 heavy (non-hydrogen) atoms. The van der Waals surface area contributed by atoms with Gasteiger partial charge in [0, 0.05) is 6.54 Å². The molecular weight excluding hydrogens is 398 g/mol. The molecule has 172 valence electrons. The van der Waals surface area contributed by atoms with Crippen LogP contribution in [0.2, 0.25) is 0 Å². The third-order valence-electron chi connectivity index (χ3n) is 5.52. The SMILES string of the molecule is CC(C)(C)OC(=O)NCC1CCC(C[C@H](CC(=O)OCc2ccccc2)C(=O)O)CC1. The topological polar surface area (TPSA) is 102 Å². The second kappa shape index (κ2) is 11.7. The Bertz CT molecular complexity index is 719. The van der Waals surface area contributed by atoms with Crippen molar-refractivity contribution in [3.63, 3.8) is 0 Å². The highest BCUT2D eigenvalue weighted by Crippen LogP contribution is 2.33. The lowest BCUT2D eigenvalue weighted by molar-refractivity contribution is -0.153. The van der Waals surface area contributed by atoms with Crippen molar-refractivity contribution < 1.29 is 29.0 Å². The number of carboxylic acids is 1. The van der Waals surface area contributed by atoms with Gasteiger partial charge >= 0.3 is 18.0 Å². The number of alkyl carbamates (subject to hydrolysis) is 1. The first kappa shape index (κ1) is 24.7. The number of benzene rings is 1. The van der Waals surface area contributed by atoms with Crippen LogP contribution in [0.3, 0.4) is 0 Å². The summed E-state index contributed by atoms with van der Waals surface area (Å²) >= 11 is 0. The molecule has 0 aromatic heterocycles. The standard InChI is InChI=1S/C24H35NO6/c1-24(2,3)31-23(29)25-15-18-11-9-17(10-12-18)13-20(22(27)28)14-21(26)30-16-19-7-5-4-6-8-19/h4-8,17-18,20H,9-16H2,1-3H3,(H,25,29)(H,27,28)/t17?,18?,20-/m1/s1. The lowest BCUT2D eigenvalue weighted by Gasteiger charge is -2.30. The Kier molecular flexibility index (Phi) is 9.34. The number of carbonyl (C=O) groups excluding carboxylic acids is 2. The third-order valence-corrected chi connectivity index (χ3v) is 5.52. The Labute approximate surface area is 184 Å². The van der Waals surface area contributed by atoms with Crippen LogP contribution in [0.15, 0.2) is 30.3 Å². The zero-order chi connectivity index (χ0) is 22.9. The average Bonchev–Trinajstić information content (AvgIpc) is 2.70. The summed E-state index contributed by atoms with van der Waals surface area (Å²) in [7, 11) is 0. The molecule has 0 radical (unpaired) electrons. The van der Waals surface area contributed by atoms with Crippen LogP contribution in [0.5, 0.6) is 0 Å². The van der Waals surface area contributed by atoms with Crippen molar-refractivity contribution in [2.45, 2.75) is 71.5 Å². The molecule has 1 aromatic carbocycles. The second-order valence-corrected chi connectivity index (χ2v) is 9.39. The summed E-state index contributed by atoms with van der Waals surface area (Å²) in [6.45, 7) is 6.20. The number of nitrogens with one attached hydrogen (secondary N) is 1. The number of amides is 1. The first-order valence-electron chi connectivity index (χ1n) is 11.0. The van der Waals surface area contributed by atoms with Crippen LogP contribution in [-0.4, -0.2) is 35.3 Å². The normalized spacial score (nSPS) is 19.8. The van der Waals surface area contributed by atoms with Crippen LogP contribution in [0, 0.1) is 17.8 Å². The Morgan fingerprint density at radius 3 is 2.26 bits per heavy atom. The van der Waals surface area contributed by atoms with E-state index >= 15 is 0 Å². The van der Waals surface area contributed by atoms with Gasteiger partial charge in [0.25, 0.3) is 0 Å². The summed E-state index contributed by atoms with van der Waals surface area (Å²) in [6, 6.07) is 9.33. The number of ether oxygens (including phenoxy) is 2. The molecule has 0 spiro atoms. The van der Waals surface area contributed by atoms with Gasteiger partial charge in [-0.3, -0.25) is 9.59 Å². The number of carboxylic acid groups (broad SMARTS) is 1. The van der Waals surface area contributed by atoms with E-state index in [2.05, 4.69) is 5.32 Å². The van der Waals surface area contributed by atoms with E-state index in [0.717, 1.165) is 31.2 Å². The van der Waals surface area contributed by atoms with E-state index in [-0.39, 0.29) is 18.9 Å². The minimum atomic E-state index is -0.953. The van der Waals surface area contributed by atoms with Crippen molar-refractivity contribution in [3.8, 4) is 0 Å². The zero-order valence-electron chi connectivity index (χ0n) is 18.8. The van der Waals surface area contributed by atoms with Crippen LogP contribution in [0.1, 0.15) is 64.9 Å². The van der Waals surface area contributed by atoms with E-state index in [1.54, 1.807) is 0 Å². The number of carbonyl (C=O) groups is 3. The Morgan fingerprint density at radius 1 is 1.06 bits per heavy atom. The highest BCUT2D eigenvalue weighted by Gasteiger charge is 2.29. The molecule has 0 unspecified atom stereocenters. The van der Waals surface area contributed by atoms with E-state index in [4.69, 9.17) is 9.47 Å². The number of rotatable bonds is 9. The average molecular weight is 434 g/mol. The van der Waals surface area contributed by atoms with E-state index in [9.17, 15) is 19.5 Å². The molecule has 1 saturated carbocycles. The summed E-state index contributed by atoms with van der Waals surface area (Å²) in [5.74, 6) is -1.54. The summed E-state index contributed by atoms with van der Waals surface area (Å²) in [6.07, 6.45) is 3.59. The lowest BCUT2D eigenvalue weighted by Crippen LogP contribution is -2.36. The third kappa shape index (κ3) is 9.85. The molecule has 7 nitrogen and oxygen atoms in total. The lowest BCUT2D eigenvalue weighted by atomic mass is 9.77. The van der Waals surface area contributed by atoms with Crippen molar-refractivity contribution in [2.75, 3.05) is 6.54 Å². The monoisotopic (exact) mass is 433 g/mol. The minimum absolute atomic E-state index is 0.109. The molecule has 1 aliphatic carbocycles. The van der Waals surface area contributed by atoms with Crippen molar-refractivity contribution >= 4 is 18.0 Å². The molecule has 0 bridgehead atoms. The van der Waals surface area contributed by atoms with Crippen LogP contribution in [0.25, 0.3) is 0 Å². The summed E-state index contributed by atoms with van der Waals surface area (Å²) in [5, 5.41) is 12.4. The van der Waals surface area contributed by atoms with Gasteiger partial charge in [-0.05, 0) is 57.4 Å². The molecule has 1 aromatic rings. The largest absolute Gasteiger partial charge is 0.481 e. The molecule has 0 saturated heterocycles. The number of hydrogen-bond donors (Lipinski definition) is 2. The van der Waals surface area contributed by atoms with Crippen LogP contribution in [0.4, 0.5) is 4.79 Å². The molecule has 7 heteroatoms. The maximum Gasteiger partial charge on any atom is 0.407 e. The van der Waals surface area contributed by atoms with Gasteiger partial charge < -0.3 is 19.9 Å². The quantitative estimate of drug-likeness (QED) is 0.554. The van der Waals surface area contributed by atoms with Gasteiger partial charge in [-0.2, -0.15) is 0 Å². The summed E-state index contributed by atoms with van der Waals surface area (Å²) in [5.41, 5.74) is 0.358. The van der Waals surface area contributed by atoms with Crippen molar-refractivity contribution in [1.29, 1.82) is 0 Å². The second-order valence-electron chi connectivity index (χ2n) is 9.39. The number of aliphatic carboxylic acids is 1. The Balaban J connectivity index is 1.71. The minimum Gasteiger partial charge on any atom is -0.481 e. The van der Waals surface area contributed by atoms with E-state index < -0.39 is 29.6 Å². The highest BCUT2D eigenvalue weighted by atomic mass is 16.6. The molecule has 1 aliphatic rings. The van der Waals surface area contributed by atoms with Gasteiger partial charge in [-0.15, -0.1) is 0 Å².